The molecule has 0 bridgehead atoms. The van der Waals surface area contributed by atoms with Crippen LogP contribution in [0.2, 0.25) is 0 Å². The molecule has 2 aliphatic heterocycles. The van der Waals surface area contributed by atoms with Gasteiger partial charge in [0, 0.05) is 0 Å². The van der Waals surface area contributed by atoms with Gasteiger partial charge < -0.3 is 35.3 Å². The number of anilines is 2. The van der Waals surface area contributed by atoms with E-state index >= 15 is 0 Å². The third kappa shape index (κ3) is 3.29. The molecule has 2 aromatic heterocycles. The maximum atomic E-state index is 10.5. The lowest BCUT2D eigenvalue weighted by atomic mass is 10.1. The first kappa shape index (κ1) is 19.4. The van der Waals surface area contributed by atoms with E-state index in [1.165, 1.54) is 17.1 Å². The fraction of sp³-hybridized carbons (Fsp3) is 0.333. The molecule has 0 spiro atoms. The molecule has 0 amide bonds. The van der Waals surface area contributed by atoms with E-state index in [1.54, 1.807) is 18.2 Å². The van der Waals surface area contributed by atoms with Crippen LogP contribution in [0, 0.1) is 0 Å². The van der Waals surface area contributed by atoms with Crippen molar-refractivity contribution in [2.75, 3.05) is 24.6 Å². The molecule has 162 valence electrons. The first-order valence-corrected chi connectivity index (χ1v) is 9.36. The zero-order valence-corrected chi connectivity index (χ0v) is 16.0. The van der Waals surface area contributed by atoms with Gasteiger partial charge in [0.05, 0.1) is 12.8 Å². The molecule has 0 saturated carbocycles. The Kier molecular flexibility index (Phi) is 4.78. The summed E-state index contributed by atoms with van der Waals surface area (Å²) in [6.07, 6.45) is -1.91. The Labute approximate surface area is 174 Å². The minimum Gasteiger partial charge on any atom is -0.454 e. The first-order chi connectivity index (χ1) is 15.1. The molecule has 0 radical (unpaired) electrons. The number of nitrogen functional groups attached to an aromatic ring is 1. The largest absolute Gasteiger partial charge is 0.454 e. The van der Waals surface area contributed by atoms with Crippen molar-refractivity contribution < 1.29 is 29.5 Å². The van der Waals surface area contributed by atoms with Crippen LogP contribution in [-0.4, -0.2) is 72.8 Å². The number of fused-ring (bicyclic) bond motifs is 2. The van der Waals surface area contributed by atoms with E-state index in [9.17, 15) is 15.3 Å². The van der Waals surface area contributed by atoms with E-state index in [-0.39, 0.29) is 29.7 Å². The minimum absolute atomic E-state index is 0.123. The summed E-state index contributed by atoms with van der Waals surface area (Å²) in [6.45, 7) is -0.297. The molecule has 5 rings (SSSR count). The molecule has 4 unspecified atom stereocenters. The number of aromatic nitrogens is 4. The third-order valence-corrected chi connectivity index (χ3v) is 5.05. The van der Waals surface area contributed by atoms with E-state index in [0.29, 0.717) is 11.5 Å². The summed E-state index contributed by atoms with van der Waals surface area (Å²) in [6, 6.07) is 5.34. The zero-order valence-electron chi connectivity index (χ0n) is 16.0. The smallest absolute Gasteiger partial charge is 0.231 e. The van der Waals surface area contributed by atoms with Crippen LogP contribution < -0.4 is 20.6 Å². The molecule has 13 heteroatoms. The van der Waals surface area contributed by atoms with Crippen LogP contribution in [-0.2, 0) is 4.74 Å². The molecule has 1 fully saturated rings. The molecule has 4 atom stereocenters. The highest BCUT2D eigenvalue weighted by Crippen LogP contribution is 2.35. The quantitative estimate of drug-likeness (QED) is 0.253. The number of hydrogen-bond acceptors (Lipinski definition) is 12. The van der Waals surface area contributed by atoms with Gasteiger partial charge in [-0.15, -0.1) is 0 Å². The molecule has 6 N–H and O–H groups in total. The van der Waals surface area contributed by atoms with Crippen LogP contribution in [0.5, 0.6) is 11.5 Å². The fourth-order valence-corrected chi connectivity index (χ4v) is 3.50. The number of nitrogens with two attached hydrogens (primary N) is 1. The zero-order chi connectivity index (χ0) is 21.5. The van der Waals surface area contributed by atoms with Gasteiger partial charge in [0.1, 0.15) is 24.6 Å². The average molecular weight is 429 g/mol. The molecular weight excluding hydrogens is 410 g/mol. The fourth-order valence-electron chi connectivity index (χ4n) is 3.50. The van der Waals surface area contributed by atoms with Gasteiger partial charge in [-0.1, -0.05) is 0 Å². The van der Waals surface area contributed by atoms with Crippen molar-refractivity contribution in [1.82, 2.24) is 19.5 Å². The van der Waals surface area contributed by atoms with Crippen LogP contribution in [0.4, 0.5) is 11.8 Å². The Morgan fingerprint density at radius 2 is 2.06 bits per heavy atom. The third-order valence-electron chi connectivity index (χ3n) is 5.05. The van der Waals surface area contributed by atoms with Crippen molar-refractivity contribution in [2.24, 2.45) is 5.10 Å². The number of ether oxygens (including phenoxy) is 3. The second-order valence-electron chi connectivity index (χ2n) is 6.95. The van der Waals surface area contributed by atoms with Gasteiger partial charge in [-0.05, 0) is 23.8 Å². The summed E-state index contributed by atoms with van der Waals surface area (Å²) >= 11 is 0. The van der Waals surface area contributed by atoms with Crippen LogP contribution in [0.3, 0.4) is 0 Å². The van der Waals surface area contributed by atoms with Gasteiger partial charge in [0.15, 0.2) is 34.7 Å². The lowest BCUT2D eigenvalue weighted by Gasteiger charge is -2.18. The minimum atomic E-state index is -1.34. The summed E-state index contributed by atoms with van der Waals surface area (Å²) in [7, 11) is 0. The highest BCUT2D eigenvalue weighted by molar-refractivity contribution is 5.85. The summed E-state index contributed by atoms with van der Waals surface area (Å²) in [4.78, 5) is 12.5. The number of benzene rings is 1. The SMILES string of the molecule is Nc1ncnc2c1nc(N/N=C/c1ccc3c(c1)OCO3)n2C1OC(CO)C(O)C1O. The molecule has 0 aliphatic carbocycles. The Bertz CT molecular complexity index is 1150. The monoisotopic (exact) mass is 429 g/mol. The van der Waals surface area contributed by atoms with E-state index in [4.69, 9.17) is 19.9 Å². The van der Waals surface area contributed by atoms with Crippen LogP contribution in [0.1, 0.15) is 11.8 Å². The van der Waals surface area contributed by atoms with Gasteiger partial charge in [-0.25, -0.2) is 20.4 Å². The highest BCUT2D eigenvalue weighted by atomic mass is 16.7. The molecule has 3 aromatic rings. The van der Waals surface area contributed by atoms with Crippen LogP contribution >= 0.6 is 0 Å². The Morgan fingerprint density at radius 1 is 1.23 bits per heavy atom. The lowest BCUT2D eigenvalue weighted by Crippen LogP contribution is -2.33. The van der Waals surface area contributed by atoms with Gasteiger partial charge in [-0.2, -0.15) is 5.10 Å². The molecule has 4 heterocycles. The standard InChI is InChI=1S/C18H19N7O6/c19-15-12-16(21-6-20-15)25(17-14(28)13(27)11(5-26)31-17)18(23-12)24-22-4-8-1-2-9-10(3-8)30-7-29-9/h1-4,6,11,13-14,17,26-28H,5,7H2,(H,23,24)(H2,19,20,21)/b22-4+. The predicted octanol–water partition coefficient (Wildman–Crippen LogP) is -0.805. The van der Waals surface area contributed by atoms with E-state index in [2.05, 4.69) is 25.5 Å². The van der Waals surface area contributed by atoms with Crippen molar-refractivity contribution in [3.8, 4) is 11.5 Å². The van der Waals surface area contributed by atoms with Crippen LogP contribution in [0.25, 0.3) is 11.2 Å². The Morgan fingerprint density at radius 3 is 2.87 bits per heavy atom. The molecule has 31 heavy (non-hydrogen) atoms. The summed E-state index contributed by atoms with van der Waals surface area (Å²) in [5.74, 6) is 1.54. The normalized spacial score (nSPS) is 25.0. The summed E-state index contributed by atoms with van der Waals surface area (Å²) in [5.41, 5.74) is 9.97. The number of imidazole rings is 1. The van der Waals surface area contributed by atoms with E-state index in [0.717, 1.165) is 5.56 Å². The second-order valence-corrected chi connectivity index (χ2v) is 6.95. The van der Waals surface area contributed by atoms with E-state index < -0.39 is 31.1 Å². The maximum Gasteiger partial charge on any atom is 0.231 e. The molecular formula is C18H19N7O6. The molecule has 13 nitrogen and oxygen atoms in total. The average Bonchev–Trinajstić information content (AvgIpc) is 3.45. The van der Waals surface area contributed by atoms with E-state index in [1.807, 2.05) is 0 Å². The first-order valence-electron chi connectivity index (χ1n) is 9.36. The summed E-state index contributed by atoms with van der Waals surface area (Å²) in [5, 5.41) is 34.2. The van der Waals surface area contributed by atoms with Crippen molar-refractivity contribution in [3.63, 3.8) is 0 Å². The highest BCUT2D eigenvalue weighted by Gasteiger charge is 2.45. The molecule has 1 aromatic carbocycles. The number of aliphatic hydroxyl groups is 3. The number of nitrogens with zero attached hydrogens (tertiary/aromatic N) is 5. The lowest BCUT2D eigenvalue weighted by molar-refractivity contribution is -0.0501. The van der Waals surface area contributed by atoms with Gasteiger partial charge in [-0.3, -0.25) is 4.57 Å². The van der Waals surface area contributed by atoms with Crippen molar-refractivity contribution in [3.05, 3.63) is 30.1 Å². The topological polar surface area (TPSA) is 182 Å². The molecule has 1 saturated heterocycles. The summed E-state index contributed by atoms with van der Waals surface area (Å²) < 4.78 is 17.7. The molecule has 2 aliphatic rings. The van der Waals surface area contributed by atoms with Crippen molar-refractivity contribution >= 4 is 29.1 Å². The second kappa shape index (κ2) is 7.63. The number of rotatable bonds is 5. The van der Waals surface area contributed by atoms with Crippen molar-refractivity contribution in [1.29, 1.82) is 0 Å². The number of hydrogen-bond donors (Lipinski definition) is 5. The predicted molar refractivity (Wildman–Crippen MR) is 107 cm³/mol. The Hall–Kier alpha value is -3.52. The maximum absolute atomic E-state index is 10.5. The number of hydrazone groups is 1. The van der Waals surface area contributed by atoms with Gasteiger partial charge in [0.2, 0.25) is 12.7 Å². The number of aliphatic hydroxyl groups excluding tert-OH is 3. The number of nitrogens with one attached hydrogen (secondary N) is 1. The van der Waals surface area contributed by atoms with Gasteiger partial charge in [0.25, 0.3) is 0 Å². The van der Waals surface area contributed by atoms with Crippen molar-refractivity contribution in [2.45, 2.75) is 24.5 Å². The van der Waals surface area contributed by atoms with Crippen LogP contribution in [0.15, 0.2) is 29.6 Å². The van der Waals surface area contributed by atoms with Gasteiger partial charge >= 0.3 is 0 Å². The Balaban J connectivity index is 1.48.